The molecule has 98 valence electrons. The Kier molecular flexibility index (Phi) is 4.89. The first-order valence-electron chi connectivity index (χ1n) is 6.04. The van der Waals surface area contributed by atoms with Crippen LogP contribution in [0.2, 0.25) is 0 Å². The van der Waals surface area contributed by atoms with Crippen molar-refractivity contribution in [2.24, 2.45) is 5.92 Å². The molecule has 0 fully saturated rings. The molecule has 0 saturated heterocycles. The molecule has 0 unspecified atom stereocenters. The summed E-state index contributed by atoms with van der Waals surface area (Å²) in [5, 5.41) is 2.69. The zero-order chi connectivity index (χ0) is 13.7. The van der Waals surface area contributed by atoms with Gasteiger partial charge >= 0.3 is 0 Å². The molecule has 0 aliphatic rings. The molecule has 0 radical (unpaired) electrons. The van der Waals surface area contributed by atoms with Crippen molar-refractivity contribution in [3.63, 3.8) is 0 Å². The van der Waals surface area contributed by atoms with Gasteiger partial charge in [-0.3, -0.25) is 9.59 Å². The number of carbonyl (C=O) groups is 2. The predicted octanol–water partition coefficient (Wildman–Crippen LogP) is 2.65. The highest BCUT2D eigenvalue weighted by atomic mass is 16.2. The lowest BCUT2D eigenvalue weighted by Crippen LogP contribution is -2.27. The van der Waals surface area contributed by atoms with Gasteiger partial charge in [-0.1, -0.05) is 13.8 Å². The summed E-state index contributed by atoms with van der Waals surface area (Å²) in [4.78, 5) is 24.4. The van der Waals surface area contributed by atoms with Crippen molar-refractivity contribution >= 4 is 23.2 Å². The summed E-state index contributed by atoms with van der Waals surface area (Å²) in [5.74, 6) is 0.336. The fourth-order valence-electron chi connectivity index (χ4n) is 1.60. The Morgan fingerprint density at radius 1 is 1.22 bits per heavy atom. The predicted molar refractivity (Wildman–Crippen MR) is 73.6 cm³/mol. The monoisotopic (exact) mass is 248 g/mol. The molecular formula is C14H20N2O2. The molecule has 0 bridgehead atoms. The summed E-state index contributed by atoms with van der Waals surface area (Å²) < 4.78 is 0. The molecule has 4 nitrogen and oxygen atoms in total. The van der Waals surface area contributed by atoms with Crippen LogP contribution < -0.4 is 10.2 Å². The normalized spacial score (nSPS) is 10.3. The third kappa shape index (κ3) is 4.20. The smallest absolute Gasteiger partial charge is 0.226 e. The van der Waals surface area contributed by atoms with Gasteiger partial charge in [0.1, 0.15) is 0 Å². The second-order valence-corrected chi connectivity index (χ2v) is 4.78. The maximum absolute atomic E-state index is 11.9. The van der Waals surface area contributed by atoms with Gasteiger partial charge in [0.05, 0.1) is 0 Å². The first-order valence-corrected chi connectivity index (χ1v) is 6.04. The molecule has 1 rings (SSSR count). The number of rotatable bonds is 4. The molecule has 0 saturated carbocycles. The maximum atomic E-state index is 11.9. The molecule has 1 aromatic rings. The van der Waals surface area contributed by atoms with Gasteiger partial charge in [-0.25, -0.2) is 0 Å². The zero-order valence-electron chi connectivity index (χ0n) is 11.4. The Morgan fingerprint density at radius 3 is 2.22 bits per heavy atom. The molecule has 0 aromatic heterocycles. The van der Waals surface area contributed by atoms with Crippen LogP contribution in [0.25, 0.3) is 0 Å². The lowest BCUT2D eigenvalue weighted by atomic mass is 10.1. The van der Waals surface area contributed by atoms with Crippen molar-refractivity contribution in [2.45, 2.75) is 27.2 Å². The summed E-state index contributed by atoms with van der Waals surface area (Å²) in [6.07, 6.45) is 0.532. The lowest BCUT2D eigenvalue weighted by molar-refractivity contribution is -0.119. The van der Waals surface area contributed by atoms with E-state index in [-0.39, 0.29) is 11.8 Å². The minimum Gasteiger partial charge on any atom is -0.326 e. The lowest BCUT2D eigenvalue weighted by Gasteiger charge is -2.18. The largest absolute Gasteiger partial charge is 0.326 e. The van der Waals surface area contributed by atoms with Crippen LogP contribution in [0, 0.1) is 5.92 Å². The number of amides is 2. The molecule has 0 spiro atoms. The summed E-state index contributed by atoms with van der Waals surface area (Å²) in [6.45, 7) is 5.50. The third-order valence-electron chi connectivity index (χ3n) is 2.53. The standard InChI is InChI=1S/C14H20N2O2/c1-10(2)9-14(18)16(4)13-7-5-12(6-8-13)15-11(3)17/h5-8,10H,9H2,1-4H3,(H,15,17). The van der Waals surface area contributed by atoms with E-state index in [1.807, 2.05) is 26.0 Å². The van der Waals surface area contributed by atoms with Crippen LogP contribution in [0.15, 0.2) is 24.3 Å². The first kappa shape index (κ1) is 14.2. The van der Waals surface area contributed by atoms with Gasteiger partial charge < -0.3 is 10.2 Å². The van der Waals surface area contributed by atoms with Crippen molar-refractivity contribution in [1.29, 1.82) is 0 Å². The second-order valence-electron chi connectivity index (χ2n) is 4.78. The van der Waals surface area contributed by atoms with Crippen LogP contribution >= 0.6 is 0 Å². The quantitative estimate of drug-likeness (QED) is 0.890. The Hall–Kier alpha value is -1.84. The van der Waals surface area contributed by atoms with Crippen molar-refractivity contribution < 1.29 is 9.59 Å². The molecule has 0 atom stereocenters. The summed E-state index contributed by atoms with van der Waals surface area (Å²) >= 11 is 0. The Labute approximate surface area is 108 Å². The number of hydrogen-bond acceptors (Lipinski definition) is 2. The van der Waals surface area contributed by atoms with Gasteiger partial charge in [0.2, 0.25) is 11.8 Å². The average Bonchev–Trinajstić information content (AvgIpc) is 2.27. The van der Waals surface area contributed by atoms with E-state index in [0.717, 1.165) is 11.4 Å². The van der Waals surface area contributed by atoms with E-state index in [1.54, 1.807) is 24.1 Å². The van der Waals surface area contributed by atoms with Gasteiger partial charge in [0.25, 0.3) is 0 Å². The third-order valence-corrected chi connectivity index (χ3v) is 2.53. The molecule has 18 heavy (non-hydrogen) atoms. The molecule has 1 N–H and O–H groups in total. The maximum Gasteiger partial charge on any atom is 0.226 e. The SMILES string of the molecule is CC(=O)Nc1ccc(N(C)C(=O)CC(C)C)cc1. The minimum atomic E-state index is -0.105. The van der Waals surface area contributed by atoms with E-state index in [0.29, 0.717) is 12.3 Å². The topological polar surface area (TPSA) is 49.4 Å². The highest BCUT2D eigenvalue weighted by molar-refractivity contribution is 5.93. The van der Waals surface area contributed by atoms with Crippen LogP contribution in [-0.2, 0) is 9.59 Å². The van der Waals surface area contributed by atoms with Crippen LogP contribution in [0.1, 0.15) is 27.2 Å². The van der Waals surface area contributed by atoms with Crippen LogP contribution in [0.5, 0.6) is 0 Å². The van der Waals surface area contributed by atoms with E-state index >= 15 is 0 Å². The molecular weight excluding hydrogens is 228 g/mol. The summed E-state index contributed by atoms with van der Waals surface area (Å²) in [7, 11) is 1.76. The highest BCUT2D eigenvalue weighted by Gasteiger charge is 2.12. The van der Waals surface area contributed by atoms with E-state index in [9.17, 15) is 9.59 Å². The Balaban J connectivity index is 2.72. The number of benzene rings is 1. The van der Waals surface area contributed by atoms with E-state index in [4.69, 9.17) is 0 Å². The fraction of sp³-hybridized carbons (Fsp3) is 0.429. The molecule has 0 aliphatic carbocycles. The fourth-order valence-corrected chi connectivity index (χ4v) is 1.60. The number of hydrogen-bond donors (Lipinski definition) is 1. The van der Waals surface area contributed by atoms with Crippen molar-refractivity contribution in [1.82, 2.24) is 0 Å². The number of anilines is 2. The van der Waals surface area contributed by atoms with E-state index < -0.39 is 0 Å². The highest BCUT2D eigenvalue weighted by Crippen LogP contribution is 2.18. The van der Waals surface area contributed by atoms with Crippen molar-refractivity contribution in [2.75, 3.05) is 17.3 Å². The van der Waals surface area contributed by atoms with Gasteiger partial charge in [-0.2, -0.15) is 0 Å². The molecule has 1 aromatic carbocycles. The van der Waals surface area contributed by atoms with Crippen molar-refractivity contribution in [3.8, 4) is 0 Å². The summed E-state index contributed by atoms with van der Waals surface area (Å²) in [6, 6.07) is 7.22. The van der Waals surface area contributed by atoms with E-state index in [2.05, 4.69) is 5.32 Å². The Morgan fingerprint density at radius 2 is 1.78 bits per heavy atom. The zero-order valence-corrected chi connectivity index (χ0v) is 11.4. The molecule has 4 heteroatoms. The molecule has 0 aliphatic heterocycles. The van der Waals surface area contributed by atoms with Gasteiger partial charge in [0, 0.05) is 31.8 Å². The molecule has 0 heterocycles. The molecule has 2 amide bonds. The van der Waals surface area contributed by atoms with Crippen molar-refractivity contribution in [3.05, 3.63) is 24.3 Å². The van der Waals surface area contributed by atoms with Crippen LogP contribution in [0.4, 0.5) is 11.4 Å². The van der Waals surface area contributed by atoms with E-state index in [1.165, 1.54) is 6.92 Å². The first-order chi connectivity index (χ1) is 8.40. The van der Waals surface area contributed by atoms with Gasteiger partial charge in [-0.05, 0) is 30.2 Å². The number of nitrogens with one attached hydrogen (secondary N) is 1. The van der Waals surface area contributed by atoms with Gasteiger partial charge in [0.15, 0.2) is 0 Å². The van der Waals surface area contributed by atoms with Crippen LogP contribution in [0.3, 0.4) is 0 Å². The Bertz CT molecular complexity index is 424. The second kappa shape index (κ2) is 6.19. The van der Waals surface area contributed by atoms with Crippen LogP contribution in [-0.4, -0.2) is 18.9 Å². The minimum absolute atomic E-state index is 0.0947. The summed E-state index contributed by atoms with van der Waals surface area (Å²) in [5.41, 5.74) is 1.56. The number of carbonyl (C=O) groups excluding carboxylic acids is 2. The number of nitrogens with zero attached hydrogens (tertiary/aromatic N) is 1. The van der Waals surface area contributed by atoms with Gasteiger partial charge in [-0.15, -0.1) is 0 Å². The average molecular weight is 248 g/mol.